The van der Waals surface area contributed by atoms with E-state index in [9.17, 15) is 13.2 Å². The lowest BCUT2D eigenvalue weighted by Crippen LogP contribution is -2.39. The summed E-state index contributed by atoms with van der Waals surface area (Å²) in [5, 5.41) is 12.0. The second-order valence-corrected chi connectivity index (χ2v) is 12.0. The molecule has 3 aromatic rings. The van der Waals surface area contributed by atoms with Gasteiger partial charge in [0, 0.05) is 43.9 Å². The van der Waals surface area contributed by atoms with Crippen molar-refractivity contribution in [1.29, 1.82) is 0 Å². The second-order valence-electron chi connectivity index (χ2n) is 9.83. The Hall–Kier alpha value is -3.57. The molecule has 4 heterocycles. The fourth-order valence-corrected chi connectivity index (χ4v) is 6.72. The van der Waals surface area contributed by atoms with Crippen LogP contribution in [0.4, 0.5) is 11.6 Å². The van der Waals surface area contributed by atoms with Gasteiger partial charge in [-0.25, -0.2) is 27.1 Å². The van der Waals surface area contributed by atoms with Crippen molar-refractivity contribution in [1.82, 2.24) is 23.9 Å². The predicted molar refractivity (Wildman–Crippen MR) is 142 cm³/mol. The van der Waals surface area contributed by atoms with Crippen LogP contribution in [0.5, 0.6) is 0 Å². The third-order valence-electron chi connectivity index (χ3n) is 7.14. The molecule has 2 aliphatic heterocycles. The quantitative estimate of drug-likeness (QED) is 0.531. The molecule has 10 nitrogen and oxygen atoms in total. The van der Waals surface area contributed by atoms with Crippen molar-refractivity contribution in [2.75, 3.05) is 18.4 Å². The van der Waals surface area contributed by atoms with Crippen molar-refractivity contribution in [3.63, 3.8) is 0 Å². The molecular formula is C26H29N7O3S. The predicted octanol–water partition coefficient (Wildman–Crippen LogP) is 3.88. The van der Waals surface area contributed by atoms with Gasteiger partial charge in [-0.15, -0.1) is 0 Å². The van der Waals surface area contributed by atoms with Gasteiger partial charge in [-0.3, -0.25) is 4.79 Å². The Kier molecular flexibility index (Phi) is 6.04. The van der Waals surface area contributed by atoms with Gasteiger partial charge in [0.15, 0.2) is 5.82 Å². The summed E-state index contributed by atoms with van der Waals surface area (Å²) in [6.07, 6.45) is 10.6. The number of piperidine rings is 1. The van der Waals surface area contributed by atoms with Gasteiger partial charge in [-0.2, -0.15) is 10.2 Å². The highest BCUT2D eigenvalue weighted by atomic mass is 32.2. The van der Waals surface area contributed by atoms with Crippen LogP contribution in [0, 0.1) is 6.92 Å². The fraction of sp³-hybridized carbons (Fsp3) is 0.385. The van der Waals surface area contributed by atoms with Gasteiger partial charge in [0.05, 0.1) is 22.8 Å². The Morgan fingerprint density at radius 1 is 1.08 bits per heavy atom. The molecule has 0 spiro atoms. The fourth-order valence-electron chi connectivity index (χ4n) is 4.85. The molecule has 37 heavy (non-hydrogen) atoms. The van der Waals surface area contributed by atoms with Crippen LogP contribution < -0.4 is 5.32 Å². The van der Waals surface area contributed by atoms with Crippen LogP contribution in [0.3, 0.4) is 0 Å². The lowest BCUT2D eigenvalue weighted by molar-refractivity contribution is 0.102. The molecule has 1 saturated carbocycles. The first-order chi connectivity index (χ1) is 17.9. The van der Waals surface area contributed by atoms with E-state index in [1.54, 1.807) is 26.1 Å². The molecule has 1 amide bonds. The summed E-state index contributed by atoms with van der Waals surface area (Å²) in [5.74, 6) is 0.816. The van der Waals surface area contributed by atoms with Crippen LogP contribution in [-0.4, -0.2) is 62.7 Å². The summed E-state index contributed by atoms with van der Waals surface area (Å²) in [4.78, 5) is 17.7. The van der Waals surface area contributed by atoms with Gasteiger partial charge >= 0.3 is 0 Å². The van der Waals surface area contributed by atoms with E-state index in [1.807, 2.05) is 43.3 Å². The smallest absolute Gasteiger partial charge is 0.262 e. The summed E-state index contributed by atoms with van der Waals surface area (Å²) < 4.78 is 30.3. The van der Waals surface area contributed by atoms with E-state index in [0.717, 1.165) is 29.8 Å². The van der Waals surface area contributed by atoms with E-state index in [-0.39, 0.29) is 17.1 Å². The average molecular weight is 520 g/mol. The number of fused-ring (bicyclic) bond motifs is 1. The topological polar surface area (TPSA) is 114 Å². The van der Waals surface area contributed by atoms with Crippen LogP contribution in [0.1, 0.15) is 59.6 Å². The van der Waals surface area contributed by atoms with Gasteiger partial charge < -0.3 is 5.32 Å². The van der Waals surface area contributed by atoms with Crippen LogP contribution in [0.15, 0.2) is 47.6 Å². The SMILES string of the molecule is Cc1ccc(-n2nc(C3CCN(S(=O)(=O)C4CC4)CC3)cc2NC(=O)c2cnn3c2N=CCC=C3)cc1. The van der Waals surface area contributed by atoms with E-state index in [4.69, 9.17) is 5.10 Å². The minimum absolute atomic E-state index is 0.107. The average Bonchev–Trinajstić information content (AvgIpc) is 3.64. The summed E-state index contributed by atoms with van der Waals surface area (Å²) in [7, 11) is -3.17. The third kappa shape index (κ3) is 4.64. The highest BCUT2D eigenvalue weighted by Crippen LogP contribution is 2.36. The highest BCUT2D eigenvalue weighted by molar-refractivity contribution is 7.90. The number of allylic oxidation sites excluding steroid dienone is 1. The van der Waals surface area contributed by atoms with Crippen LogP contribution in [0.25, 0.3) is 11.9 Å². The van der Waals surface area contributed by atoms with Gasteiger partial charge in [0.25, 0.3) is 5.91 Å². The van der Waals surface area contributed by atoms with Crippen molar-refractivity contribution in [2.45, 2.75) is 50.2 Å². The summed E-state index contributed by atoms with van der Waals surface area (Å²) >= 11 is 0. The number of nitrogens with zero attached hydrogens (tertiary/aromatic N) is 6. The largest absolute Gasteiger partial charge is 0.306 e. The second kappa shape index (κ2) is 9.38. The monoisotopic (exact) mass is 519 g/mol. The molecule has 2 fully saturated rings. The lowest BCUT2D eigenvalue weighted by atomic mass is 9.95. The Balaban J connectivity index is 1.27. The van der Waals surface area contributed by atoms with E-state index in [2.05, 4.69) is 15.4 Å². The number of benzene rings is 1. The van der Waals surface area contributed by atoms with E-state index >= 15 is 0 Å². The molecule has 0 unspecified atom stereocenters. The summed E-state index contributed by atoms with van der Waals surface area (Å²) in [5.41, 5.74) is 3.17. The number of hydrogen-bond donors (Lipinski definition) is 1. The molecule has 0 radical (unpaired) electrons. The highest BCUT2D eigenvalue weighted by Gasteiger charge is 2.41. The molecule has 11 heteroatoms. The first-order valence-corrected chi connectivity index (χ1v) is 14.1. The molecular weight excluding hydrogens is 490 g/mol. The first kappa shape index (κ1) is 23.8. The molecule has 0 bridgehead atoms. The van der Waals surface area contributed by atoms with Crippen molar-refractivity contribution in [2.24, 2.45) is 4.99 Å². The molecule has 1 aromatic carbocycles. The maximum absolute atomic E-state index is 13.3. The van der Waals surface area contributed by atoms with Crippen molar-refractivity contribution in [3.05, 3.63) is 59.4 Å². The number of aryl methyl sites for hydroxylation is 1. The van der Waals surface area contributed by atoms with Crippen molar-refractivity contribution >= 4 is 40.0 Å². The number of carbonyl (C=O) groups excluding carboxylic acids is 1. The number of amides is 1. The maximum Gasteiger partial charge on any atom is 0.262 e. The van der Waals surface area contributed by atoms with E-state index in [0.29, 0.717) is 49.6 Å². The number of carbonyl (C=O) groups is 1. The Morgan fingerprint density at radius 3 is 2.57 bits per heavy atom. The standard InChI is InChI=1S/C26H29N7O3S/c1-18-4-6-20(7-5-18)33-24(29-26(34)22-17-28-32-13-3-2-12-27-25(22)32)16-23(30-33)19-10-14-31(15-11-19)37(35,36)21-8-9-21/h3-7,12-13,16-17,19,21H,2,8-11,14-15H2,1H3,(H,29,34). The maximum atomic E-state index is 13.3. The number of hydrogen-bond acceptors (Lipinski definition) is 6. The number of aromatic nitrogens is 4. The van der Waals surface area contributed by atoms with Gasteiger partial charge in [-0.05, 0) is 44.7 Å². The third-order valence-corrected chi connectivity index (χ3v) is 9.54. The van der Waals surface area contributed by atoms with Crippen LogP contribution in [-0.2, 0) is 10.0 Å². The summed E-state index contributed by atoms with van der Waals surface area (Å²) in [6, 6.07) is 9.84. The number of nitrogens with one attached hydrogen (secondary N) is 1. The number of aliphatic imine (C=N–C) groups is 1. The Labute approximate surface area is 215 Å². The molecule has 1 aliphatic carbocycles. The molecule has 0 atom stereocenters. The van der Waals surface area contributed by atoms with E-state index in [1.165, 1.54) is 6.20 Å². The molecule has 2 aromatic heterocycles. The zero-order valence-corrected chi connectivity index (χ0v) is 21.4. The van der Waals surface area contributed by atoms with Gasteiger partial charge in [-0.1, -0.05) is 23.8 Å². The molecule has 3 aliphatic rings. The van der Waals surface area contributed by atoms with Gasteiger partial charge in [0.1, 0.15) is 11.4 Å². The van der Waals surface area contributed by atoms with E-state index < -0.39 is 10.0 Å². The Bertz CT molecular complexity index is 1490. The normalized spacial score (nSPS) is 18.5. The first-order valence-electron chi connectivity index (χ1n) is 12.6. The van der Waals surface area contributed by atoms with Crippen LogP contribution >= 0.6 is 0 Å². The lowest BCUT2D eigenvalue weighted by Gasteiger charge is -2.30. The zero-order chi connectivity index (χ0) is 25.6. The molecule has 6 rings (SSSR count). The Morgan fingerprint density at radius 2 is 1.84 bits per heavy atom. The molecule has 192 valence electrons. The molecule has 1 saturated heterocycles. The summed E-state index contributed by atoms with van der Waals surface area (Å²) in [6.45, 7) is 3.01. The van der Waals surface area contributed by atoms with Crippen molar-refractivity contribution < 1.29 is 13.2 Å². The molecule has 1 N–H and O–H groups in total. The minimum atomic E-state index is -3.17. The zero-order valence-electron chi connectivity index (χ0n) is 20.6. The minimum Gasteiger partial charge on any atom is -0.306 e. The number of rotatable bonds is 6. The van der Waals surface area contributed by atoms with Crippen molar-refractivity contribution in [3.8, 4) is 5.69 Å². The number of anilines is 1. The van der Waals surface area contributed by atoms with Gasteiger partial charge in [0.2, 0.25) is 10.0 Å². The number of sulfonamides is 1. The van der Waals surface area contributed by atoms with Crippen LogP contribution in [0.2, 0.25) is 0 Å².